The van der Waals surface area contributed by atoms with E-state index in [2.05, 4.69) is 30.9 Å². The Bertz CT molecular complexity index is 2370. The first kappa shape index (κ1) is 35.9. The molecule has 2 aliphatic rings. The predicted octanol–water partition coefficient (Wildman–Crippen LogP) is 3.62. The van der Waals surface area contributed by atoms with Crippen LogP contribution in [0.2, 0.25) is 0 Å². The summed E-state index contributed by atoms with van der Waals surface area (Å²) in [5.41, 5.74) is 3.62. The Morgan fingerprint density at radius 1 is 0.774 bits per heavy atom. The van der Waals surface area contributed by atoms with Gasteiger partial charge in [-0.1, -0.05) is 22.4 Å². The van der Waals surface area contributed by atoms with Gasteiger partial charge in [-0.15, -0.1) is 0 Å². The third-order valence-electron chi connectivity index (χ3n) is 8.54. The van der Waals surface area contributed by atoms with E-state index < -0.39 is 28.4 Å². The van der Waals surface area contributed by atoms with Crippen molar-refractivity contribution in [3.8, 4) is 34.8 Å². The molecule has 0 spiro atoms. The molecule has 0 amide bonds. The molecule has 4 aromatic heterocycles. The monoisotopic (exact) mass is 772 g/mol. The Kier molecular flexibility index (Phi) is 10.6. The van der Waals surface area contributed by atoms with E-state index in [0.29, 0.717) is 37.2 Å². The summed E-state index contributed by atoms with van der Waals surface area (Å²) < 4.78 is 71.0. The van der Waals surface area contributed by atoms with Gasteiger partial charge in [0, 0.05) is 22.8 Å². The van der Waals surface area contributed by atoms with E-state index in [9.17, 15) is 22.6 Å². The lowest BCUT2D eigenvalue weighted by Gasteiger charge is -2.30. The van der Waals surface area contributed by atoms with Crippen LogP contribution in [0.1, 0.15) is 47.2 Å². The Morgan fingerprint density at radius 2 is 1.26 bits per heavy atom. The molecule has 0 bridgehead atoms. The normalized spacial score (nSPS) is 16.1. The Balaban J connectivity index is 0.000000164. The molecule has 0 N–H and O–H groups in total. The van der Waals surface area contributed by atoms with Crippen LogP contribution in [0, 0.1) is 11.6 Å². The molecule has 0 saturated carbocycles. The molecule has 6 aromatic rings. The summed E-state index contributed by atoms with van der Waals surface area (Å²) in [6.07, 6.45) is 6.10. The maximum atomic E-state index is 13.6. The quantitative estimate of drug-likeness (QED) is 0.145. The summed E-state index contributed by atoms with van der Waals surface area (Å²) in [5, 5.41) is 22.5. The molecule has 3 unspecified atom stereocenters. The highest BCUT2D eigenvalue weighted by Gasteiger charge is 2.36. The van der Waals surface area contributed by atoms with E-state index in [-0.39, 0.29) is 59.1 Å². The van der Waals surface area contributed by atoms with Gasteiger partial charge in [0.25, 0.3) is 11.8 Å². The average Bonchev–Trinajstić information content (AvgIpc) is 3.93. The lowest BCUT2D eigenvalue weighted by Crippen LogP contribution is -2.31. The van der Waals surface area contributed by atoms with Crippen molar-refractivity contribution < 1.29 is 40.8 Å². The molecule has 17 nitrogen and oxygen atoms in total. The first-order valence-corrected chi connectivity index (χ1v) is 19.3. The maximum absolute atomic E-state index is 13.6. The van der Waals surface area contributed by atoms with Gasteiger partial charge in [0.15, 0.2) is 0 Å². The highest BCUT2D eigenvalue weighted by atomic mass is 32.2. The molecule has 8 rings (SSSR count). The predicted molar refractivity (Wildman–Crippen MR) is 182 cm³/mol. The van der Waals surface area contributed by atoms with Crippen molar-refractivity contribution in [3.63, 3.8) is 0 Å². The third-order valence-corrected chi connectivity index (χ3v) is 10.1. The smallest absolute Gasteiger partial charge is 0.442 e. The van der Waals surface area contributed by atoms with E-state index in [0.717, 1.165) is 28.9 Å². The molecule has 0 fully saturated rings. The van der Waals surface area contributed by atoms with Crippen molar-refractivity contribution in [2.75, 3.05) is 37.2 Å². The van der Waals surface area contributed by atoms with Gasteiger partial charge < -0.3 is 9.47 Å². The van der Waals surface area contributed by atoms with Crippen LogP contribution in [-0.2, 0) is 23.6 Å². The van der Waals surface area contributed by atoms with Gasteiger partial charge in [0.05, 0.1) is 25.3 Å². The maximum Gasteiger partial charge on any atom is 0.442 e. The zero-order chi connectivity index (χ0) is 37.1. The lowest BCUT2D eigenvalue weighted by atomic mass is 9.83. The topological polar surface area (TPSA) is 209 Å². The molecule has 3 atom stereocenters. The first-order chi connectivity index (χ1) is 25.7. The summed E-state index contributed by atoms with van der Waals surface area (Å²) in [5.74, 6) is -0.225. The van der Waals surface area contributed by atoms with Gasteiger partial charge in [-0.05, 0) is 105 Å². The SMILES string of the molecule is CS(=O)CCCOc1nonc1-c1noc(=O)n1C1Cc2ccc(F)cc21.CSCCCOc1nonc1-c1noc(=O)n1C1Cc2ccc(F)cc21. The second kappa shape index (κ2) is 15.7. The van der Waals surface area contributed by atoms with Crippen LogP contribution in [0.4, 0.5) is 8.78 Å². The number of hydrogen-bond acceptors (Lipinski definition) is 16. The van der Waals surface area contributed by atoms with Crippen molar-refractivity contribution in [2.24, 2.45) is 0 Å². The van der Waals surface area contributed by atoms with Crippen molar-refractivity contribution in [3.05, 3.63) is 91.4 Å². The minimum absolute atomic E-state index is 0.0534. The minimum atomic E-state index is -0.921. The van der Waals surface area contributed by atoms with Crippen molar-refractivity contribution >= 4 is 22.6 Å². The summed E-state index contributed by atoms with van der Waals surface area (Å²) in [6.45, 7) is 0.683. The van der Waals surface area contributed by atoms with Crippen molar-refractivity contribution in [1.29, 1.82) is 0 Å². The Morgan fingerprint density at radius 3 is 1.74 bits per heavy atom. The molecule has 2 aliphatic carbocycles. The Hall–Kier alpha value is -5.44. The highest BCUT2D eigenvalue weighted by molar-refractivity contribution is 7.98. The van der Waals surface area contributed by atoms with Gasteiger partial charge in [0.2, 0.25) is 23.0 Å². The number of rotatable bonds is 14. The minimum Gasteiger partial charge on any atom is -0.474 e. The molecule has 4 heterocycles. The largest absolute Gasteiger partial charge is 0.474 e. The molecule has 278 valence electrons. The zero-order valence-corrected chi connectivity index (χ0v) is 29.7. The van der Waals surface area contributed by atoms with Crippen LogP contribution < -0.4 is 21.0 Å². The van der Waals surface area contributed by atoms with E-state index in [1.54, 1.807) is 30.2 Å². The fourth-order valence-corrected chi connectivity index (χ4v) is 6.89. The van der Waals surface area contributed by atoms with E-state index >= 15 is 0 Å². The van der Waals surface area contributed by atoms with Gasteiger partial charge in [-0.25, -0.2) is 36.8 Å². The Labute approximate surface area is 304 Å². The fourth-order valence-electron chi connectivity index (χ4n) is 5.96. The number of aromatic nitrogens is 8. The summed E-state index contributed by atoms with van der Waals surface area (Å²) in [4.78, 5) is 24.4. The van der Waals surface area contributed by atoms with Crippen LogP contribution in [0.15, 0.2) is 64.3 Å². The second-order valence-corrected chi connectivity index (χ2v) is 14.5. The standard InChI is InChI=1S/C16H15FN4O5S.C16H15FN4O4S/c1-27(23)6-2-5-24-15-13(18-26-20-15)14-19-25-16(22)21(14)12-7-9-3-4-10(17)8-11(9)12;1-26-6-2-5-23-15-13(18-25-20-15)14-19-24-16(22)21(14)12-7-9-3-4-10(17)8-11(9)12/h3-4,8,12H,2,5-7H2,1H3;3-4,8,12H,2,5-7H2,1H3. The van der Waals surface area contributed by atoms with Crippen LogP contribution in [0.25, 0.3) is 23.0 Å². The van der Waals surface area contributed by atoms with Crippen LogP contribution >= 0.6 is 11.8 Å². The fraction of sp³-hybridized carbons (Fsp3) is 0.375. The lowest BCUT2D eigenvalue weighted by molar-refractivity contribution is 0.256. The number of benzene rings is 2. The van der Waals surface area contributed by atoms with Crippen LogP contribution in [0.3, 0.4) is 0 Å². The molecule has 0 saturated heterocycles. The first-order valence-electron chi connectivity index (χ1n) is 16.2. The number of thioether (sulfide) groups is 1. The van der Waals surface area contributed by atoms with E-state index in [1.165, 1.54) is 33.4 Å². The van der Waals surface area contributed by atoms with Gasteiger partial charge in [-0.3, -0.25) is 13.3 Å². The number of nitrogens with zero attached hydrogens (tertiary/aromatic N) is 8. The summed E-state index contributed by atoms with van der Waals surface area (Å²) in [7, 11) is -0.921. The molecule has 53 heavy (non-hydrogen) atoms. The zero-order valence-electron chi connectivity index (χ0n) is 28.1. The summed E-state index contributed by atoms with van der Waals surface area (Å²) in [6, 6.07) is 8.16. The second-order valence-electron chi connectivity index (χ2n) is 11.9. The average molecular weight is 773 g/mol. The number of hydrogen-bond donors (Lipinski definition) is 0. The molecular formula is C32H30F2N8O9S2. The number of ether oxygens (including phenoxy) is 2. The molecule has 0 radical (unpaired) electrons. The van der Waals surface area contributed by atoms with Gasteiger partial charge in [-0.2, -0.15) is 11.8 Å². The number of fused-ring (bicyclic) bond motifs is 2. The van der Waals surface area contributed by atoms with Crippen LogP contribution in [-0.4, -0.2) is 81.5 Å². The van der Waals surface area contributed by atoms with Crippen molar-refractivity contribution in [1.82, 2.24) is 40.1 Å². The molecule has 0 aliphatic heterocycles. The summed E-state index contributed by atoms with van der Waals surface area (Å²) >= 11 is 1.71. The van der Waals surface area contributed by atoms with E-state index in [1.807, 2.05) is 6.26 Å². The highest BCUT2D eigenvalue weighted by Crippen LogP contribution is 2.40. The van der Waals surface area contributed by atoms with Gasteiger partial charge in [0.1, 0.15) is 11.6 Å². The molecule has 2 aromatic carbocycles. The molecule has 21 heteroatoms. The third kappa shape index (κ3) is 7.43. The number of halogens is 2. The van der Waals surface area contributed by atoms with Crippen molar-refractivity contribution in [2.45, 2.75) is 37.8 Å². The van der Waals surface area contributed by atoms with E-state index in [4.69, 9.17) is 27.8 Å². The van der Waals surface area contributed by atoms with Crippen LogP contribution in [0.5, 0.6) is 11.8 Å². The molecular weight excluding hydrogens is 743 g/mol. The van der Waals surface area contributed by atoms with Gasteiger partial charge >= 0.3 is 11.5 Å².